The topological polar surface area (TPSA) is 75.2 Å². The Balaban J connectivity index is 2.22. The number of benzene rings is 1. The average molecular weight is 248 g/mol. The Kier molecular flexibility index (Phi) is 3.09. The van der Waals surface area contributed by atoms with Crippen molar-refractivity contribution in [3.8, 4) is 0 Å². The summed E-state index contributed by atoms with van der Waals surface area (Å²) in [6.45, 7) is 5.28. The first-order valence-corrected chi connectivity index (χ1v) is 5.71. The molecule has 1 heterocycles. The van der Waals surface area contributed by atoms with Gasteiger partial charge in [-0.15, -0.1) is 0 Å². The molecule has 18 heavy (non-hydrogen) atoms. The van der Waals surface area contributed by atoms with E-state index in [9.17, 15) is 9.90 Å². The largest absolute Gasteiger partial charge is 0.458 e. The predicted molar refractivity (Wildman–Crippen MR) is 66.9 cm³/mol. The van der Waals surface area contributed by atoms with E-state index in [-0.39, 0.29) is 0 Å². The van der Waals surface area contributed by atoms with E-state index in [4.69, 9.17) is 4.74 Å². The number of H-pyrrole nitrogens is 1. The van der Waals surface area contributed by atoms with Crippen molar-refractivity contribution in [3.63, 3.8) is 0 Å². The highest BCUT2D eigenvalue weighted by Crippen LogP contribution is 2.21. The summed E-state index contributed by atoms with van der Waals surface area (Å²) in [5, 5.41) is 17.5. The molecule has 0 aliphatic heterocycles. The van der Waals surface area contributed by atoms with Crippen LogP contribution in [0.3, 0.4) is 0 Å². The molecule has 0 saturated heterocycles. The molecule has 2 aromatic rings. The van der Waals surface area contributed by atoms with Gasteiger partial charge in [-0.3, -0.25) is 5.10 Å². The van der Waals surface area contributed by atoms with Gasteiger partial charge in [-0.05, 0) is 32.4 Å². The lowest BCUT2D eigenvalue weighted by atomic mass is 10.1. The minimum atomic E-state index is -1.28. The van der Waals surface area contributed by atoms with Crippen LogP contribution in [0.1, 0.15) is 32.4 Å². The number of fused-ring (bicyclic) bond motifs is 1. The number of nitrogens with zero attached hydrogens (tertiary/aromatic N) is 1. The molecule has 0 fully saturated rings. The number of carbonyl (C=O) groups is 1. The van der Waals surface area contributed by atoms with Crippen molar-refractivity contribution < 1.29 is 14.6 Å². The summed E-state index contributed by atoms with van der Waals surface area (Å²) >= 11 is 0. The lowest BCUT2D eigenvalue weighted by Crippen LogP contribution is -2.27. The van der Waals surface area contributed by atoms with Crippen LogP contribution < -0.4 is 0 Å². The lowest BCUT2D eigenvalue weighted by molar-refractivity contribution is -0.165. The second kappa shape index (κ2) is 4.42. The first kappa shape index (κ1) is 12.6. The number of hydrogen-bond donors (Lipinski definition) is 2. The van der Waals surface area contributed by atoms with Crippen LogP contribution >= 0.6 is 0 Å². The highest BCUT2D eigenvalue weighted by Gasteiger charge is 2.24. The molecule has 0 radical (unpaired) electrons. The third kappa shape index (κ3) is 2.68. The molecule has 5 nitrogen and oxygen atoms in total. The maximum Gasteiger partial charge on any atom is 0.340 e. The predicted octanol–water partition coefficient (Wildman–Crippen LogP) is 1.94. The summed E-state index contributed by atoms with van der Waals surface area (Å²) in [7, 11) is 0. The molecule has 0 bridgehead atoms. The zero-order valence-electron chi connectivity index (χ0n) is 10.6. The summed E-state index contributed by atoms with van der Waals surface area (Å²) in [5.41, 5.74) is 0.645. The second-order valence-electron chi connectivity index (χ2n) is 5.15. The average Bonchev–Trinajstić information content (AvgIpc) is 2.72. The number of aromatic nitrogens is 2. The van der Waals surface area contributed by atoms with E-state index < -0.39 is 17.7 Å². The zero-order valence-corrected chi connectivity index (χ0v) is 10.6. The molecule has 0 aliphatic rings. The molecule has 2 rings (SSSR count). The number of aromatic amines is 1. The number of nitrogens with one attached hydrogen (secondary N) is 1. The molecule has 0 spiro atoms. The fraction of sp³-hybridized carbons (Fsp3) is 0.385. The molecule has 1 atom stereocenters. The Morgan fingerprint density at radius 3 is 2.83 bits per heavy atom. The first-order chi connectivity index (χ1) is 8.37. The number of rotatable bonds is 2. The molecule has 0 saturated carbocycles. The third-order valence-electron chi connectivity index (χ3n) is 2.41. The van der Waals surface area contributed by atoms with Gasteiger partial charge in [0.25, 0.3) is 0 Å². The monoisotopic (exact) mass is 248 g/mol. The van der Waals surface area contributed by atoms with E-state index in [0.717, 1.165) is 10.9 Å². The zero-order chi connectivity index (χ0) is 13.3. The van der Waals surface area contributed by atoms with Crippen molar-refractivity contribution in [3.05, 3.63) is 30.0 Å². The van der Waals surface area contributed by atoms with Crippen LogP contribution in [-0.2, 0) is 9.53 Å². The maximum atomic E-state index is 11.7. The van der Waals surface area contributed by atoms with Crippen molar-refractivity contribution in [1.82, 2.24) is 10.2 Å². The minimum absolute atomic E-state index is 0.487. The van der Waals surface area contributed by atoms with Crippen molar-refractivity contribution in [2.45, 2.75) is 32.5 Å². The smallest absolute Gasteiger partial charge is 0.340 e. The minimum Gasteiger partial charge on any atom is -0.458 e. The van der Waals surface area contributed by atoms with Crippen molar-refractivity contribution in [2.75, 3.05) is 0 Å². The van der Waals surface area contributed by atoms with Crippen molar-refractivity contribution in [2.24, 2.45) is 0 Å². The Hall–Kier alpha value is -1.88. The highest BCUT2D eigenvalue weighted by molar-refractivity contribution is 5.82. The van der Waals surface area contributed by atoms with Gasteiger partial charge in [-0.2, -0.15) is 5.10 Å². The Labute approximate surface area is 105 Å². The van der Waals surface area contributed by atoms with Gasteiger partial charge in [0.2, 0.25) is 0 Å². The normalized spacial score (nSPS) is 13.6. The number of hydrogen-bond acceptors (Lipinski definition) is 4. The summed E-state index contributed by atoms with van der Waals surface area (Å²) in [6.07, 6.45) is 0.399. The molecule has 1 aromatic heterocycles. The van der Waals surface area contributed by atoms with Gasteiger partial charge in [0.05, 0.1) is 11.7 Å². The molecular formula is C13H16N2O3. The van der Waals surface area contributed by atoms with E-state index in [0.29, 0.717) is 5.56 Å². The molecule has 1 aromatic carbocycles. The van der Waals surface area contributed by atoms with E-state index in [2.05, 4.69) is 10.2 Å². The Morgan fingerprint density at radius 2 is 2.17 bits per heavy atom. The van der Waals surface area contributed by atoms with E-state index >= 15 is 0 Å². The number of ether oxygens (including phenoxy) is 1. The lowest BCUT2D eigenvalue weighted by Gasteiger charge is -2.21. The van der Waals surface area contributed by atoms with Crippen LogP contribution in [0.2, 0.25) is 0 Å². The summed E-state index contributed by atoms with van der Waals surface area (Å²) < 4.78 is 5.13. The fourth-order valence-electron chi connectivity index (χ4n) is 1.62. The number of aliphatic hydroxyl groups is 1. The van der Waals surface area contributed by atoms with Gasteiger partial charge >= 0.3 is 5.97 Å². The highest BCUT2D eigenvalue weighted by atomic mass is 16.6. The van der Waals surface area contributed by atoms with Crippen molar-refractivity contribution in [1.29, 1.82) is 0 Å². The van der Waals surface area contributed by atoms with Gasteiger partial charge in [0.1, 0.15) is 5.60 Å². The van der Waals surface area contributed by atoms with Crippen LogP contribution in [0.25, 0.3) is 10.9 Å². The summed E-state index contributed by atoms with van der Waals surface area (Å²) in [5.74, 6) is -0.652. The number of aliphatic hydroxyl groups excluding tert-OH is 1. The van der Waals surface area contributed by atoms with Gasteiger partial charge in [0, 0.05) is 5.39 Å². The van der Waals surface area contributed by atoms with Gasteiger partial charge in [-0.1, -0.05) is 12.1 Å². The van der Waals surface area contributed by atoms with Crippen LogP contribution in [-0.4, -0.2) is 26.9 Å². The van der Waals surface area contributed by atoms with Crippen LogP contribution in [0.15, 0.2) is 24.4 Å². The molecule has 5 heteroatoms. The summed E-state index contributed by atoms with van der Waals surface area (Å²) in [6, 6.07) is 5.17. The quantitative estimate of drug-likeness (QED) is 0.796. The summed E-state index contributed by atoms with van der Waals surface area (Å²) in [4.78, 5) is 11.7. The van der Waals surface area contributed by atoms with Gasteiger partial charge in [0.15, 0.2) is 6.10 Å². The fourth-order valence-corrected chi connectivity index (χ4v) is 1.62. The molecule has 0 aliphatic carbocycles. The maximum absolute atomic E-state index is 11.7. The molecule has 0 amide bonds. The Morgan fingerprint density at radius 1 is 1.44 bits per heavy atom. The molecular weight excluding hydrogens is 232 g/mol. The standard InChI is InChI=1S/C13H16N2O3/c1-13(2,3)18-12(17)11(16)8-4-5-9-7-14-15-10(9)6-8/h4-7,11,16H,1-3H3,(H,14,15). The first-order valence-electron chi connectivity index (χ1n) is 5.71. The van der Waals surface area contributed by atoms with Crippen molar-refractivity contribution >= 4 is 16.9 Å². The van der Waals surface area contributed by atoms with E-state index in [1.807, 2.05) is 0 Å². The Bertz CT molecular complexity index is 569. The van der Waals surface area contributed by atoms with E-state index in [1.54, 1.807) is 45.2 Å². The number of carbonyl (C=O) groups excluding carboxylic acids is 1. The van der Waals surface area contributed by atoms with Crippen LogP contribution in [0, 0.1) is 0 Å². The second-order valence-corrected chi connectivity index (χ2v) is 5.15. The molecule has 96 valence electrons. The third-order valence-corrected chi connectivity index (χ3v) is 2.41. The van der Waals surface area contributed by atoms with Gasteiger partial charge < -0.3 is 9.84 Å². The molecule has 2 N–H and O–H groups in total. The molecule has 1 unspecified atom stereocenters. The number of esters is 1. The van der Waals surface area contributed by atoms with Gasteiger partial charge in [-0.25, -0.2) is 4.79 Å². The van der Waals surface area contributed by atoms with Crippen LogP contribution in [0.4, 0.5) is 0 Å². The SMILES string of the molecule is CC(C)(C)OC(=O)C(O)c1ccc2cn[nH]c2c1. The van der Waals surface area contributed by atoms with Crippen LogP contribution in [0.5, 0.6) is 0 Å². The van der Waals surface area contributed by atoms with E-state index in [1.165, 1.54) is 0 Å².